The van der Waals surface area contributed by atoms with Gasteiger partial charge in [-0.3, -0.25) is 0 Å². The van der Waals surface area contributed by atoms with Gasteiger partial charge in [0.05, 0.1) is 11.4 Å². The van der Waals surface area contributed by atoms with Crippen LogP contribution in [0.2, 0.25) is 0 Å². The summed E-state index contributed by atoms with van der Waals surface area (Å²) < 4.78 is 64.6. The number of alkyl halides is 3. The smallest absolute Gasteiger partial charge is 0.487 e. The van der Waals surface area contributed by atoms with Crippen LogP contribution in [0.15, 0.2) is 18.2 Å². The first-order valence-electron chi connectivity index (χ1n) is 12.0. The van der Waals surface area contributed by atoms with Crippen molar-refractivity contribution in [2.45, 2.75) is 64.4 Å². The number of ether oxygens (including phenoxy) is 1. The van der Waals surface area contributed by atoms with Gasteiger partial charge in [0, 0.05) is 57.5 Å². The molecule has 1 aromatic carbocycles. The van der Waals surface area contributed by atoms with E-state index in [1.807, 2.05) is 0 Å². The fraction of sp³-hybridized carbons (Fsp3) is 0.542. The molecule has 1 atom stereocenters. The lowest BCUT2D eigenvalue weighted by Gasteiger charge is -2.34. The van der Waals surface area contributed by atoms with Crippen LogP contribution in [0.5, 0.6) is 5.75 Å². The minimum Gasteiger partial charge on any atom is -0.487 e. The Bertz CT molecular complexity index is 1080. The molecule has 4 rings (SSSR count). The highest BCUT2D eigenvalue weighted by Gasteiger charge is 2.38. The lowest BCUT2D eigenvalue weighted by atomic mass is 10.1. The summed E-state index contributed by atoms with van der Waals surface area (Å²) in [5.74, 6) is -2.19. The number of nitrogens with zero attached hydrogens (tertiary/aromatic N) is 3. The number of halogens is 5. The molecule has 0 spiro atoms. The molecule has 204 valence electrons. The summed E-state index contributed by atoms with van der Waals surface area (Å²) in [4.78, 5) is 21.0. The molecule has 0 aliphatic carbocycles. The summed E-state index contributed by atoms with van der Waals surface area (Å²) in [6.45, 7) is 7.43. The molecule has 37 heavy (non-hydrogen) atoms. The van der Waals surface area contributed by atoms with Crippen LogP contribution >= 0.6 is 0 Å². The predicted octanol–water partition coefficient (Wildman–Crippen LogP) is 4.29. The molecule has 0 radical (unpaired) electrons. The van der Waals surface area contributed by atoms with Crippen molar-refractivity contribution in [2.75, 3.05) is 29.9 Å². The highest BCUT2D eigenvalue weighted by molar-refractivity contribution is 5.73. The third-order valence-corrected chi connectivity index (χ3v) is 6.03. The third kappa shape index (κ3) is 7.88. The molecule has 2 aliphatic rings. The predicted molar refractivity (Wildman–Crippen MR) is 127 cm³/mol. The van der Waals surface area contributed by atoms with Crippen molar-refractivity contribution in [2.24, 2.45) is 0 Å². The lowest BCUT2D eigenvalue weighted by molar-refractivity contribution is -0.192. The van der Waals surface area contributed by atoms with Gasteiger partial charge in [0.2, 0.25) is 0 Å². The molecule has 1 fully saturated rings. The second-order valence-corrected chi connectivity index (χ2v) is 8.85. The molecule has 3 N–H and O–H groups in total. The number of piperidine rings is 1. The third-order valence-electron chi connectivity index (χ3n) is 6.03. The van der Waals surface area contributed by atoms with E-state index in [-0.39, 0.29) is 11.9 Å². The number of fused-ring (bicyclic) bond motifs is 1. The maximum atomic E-state index is 13.9. The Balaban J connectivity index is 0.000000479. The quantitative estimate of drug-likeness (QED) is 0.475. The Morgan fingerprint density at radius 1 is 1.24 bits per heavy atom. The Kier molecular flexibility index (Phi) is 9.46. The highest BCUT2D eigenvalue weighted by atomic mass is 19.4. The highest BCUT2D eigenvalue weighted by Crippen LogP contribution is 2.30. The Morgan fingerprint density at radius 3 is 2.51 bits per heavy atom. The molecule has 0 saturated carbocycles. The molecule has 8 nitrogen and oxygen atoms in total. The van der Waals surface area contributed by atoms with Crippen LogP contribution in [-0.2, 0) is 17.8 Å². The second kappa shape index (κ2) is 12.3. The molecule has 0 bridgehead atoms. The van der Waals surface area contributed by atoms with Crippen molar-refractivity contribution in [1.82, 2.24) is 15.3 Å². The number of rotatable bonds is 6. The van der Waals surface area contributed by atoms with E-state index in [0.29, 0.717) is 6.04 Å². The lowest BCUT2D eigenvalue weighted by Crippen LogP contribution is -2.40. The van der Waals surface area contributed by atoms with Crippen LogP contribution in [0, 0.1) is 11.6 Å². The Labute approximate surface area is 211 Å². The largest absolute Gasteiger partial charge is 0.490 e. The molecule has 3 heterocycles. The van der Waals surface area contributed by atoms with Gasteiger partial charge in [0.15, 0.2) is 23.2 Å². The van der Waals surface area contributed by atoms with E-state index in [1.165, 1.54) is 12.1 Å². The van der Waals surface area contributed by atoms with Crippen molar-refractivity contribution >= 4 is 17.6 Å². The number of carbonyl (C=O) groups is 1. The van der Waals surface area contributed by atoms with E-state index >= 15 is 0 Å². The van der Waals surface area contributed by atoms with Crippen LogP contribution < -0.4 is 20.3 Å². The second-order valence-electron chi connectivity index (χ2n) is 8.85. The number of anilines is 2. The van der Waals surface area contributed by atoms with E-state index in [1.54, 1.807) is 0 Å². The Morgan fingerprint density at radius 2 is 1.92 bits per heavy atom. The summed E-state index contributed by atoms with van der Waals surface area (Å²) in [6.07, 6.45) is -1.85. The van der Waals surface area contributed by atoms with E-state index in [0.717, 1.165) is 81.0 Å². The van der Waals surface area contributed by atoms with Crippen LogP contribution in [0.1, 0.15) is 44.5 Å². The van der Waals surface area contributed by atoms with Gasteiger partial charge < -0.3 is 25.4 Å². The van der Waals surface area contributed by atoms with Crippen LogP contribution in [0.3, 0.4) is 0 Å². The molecule has 2 aromatic rings. The average molecular weight is 532 g/mol. The van der Waals surface area contributed by atoms with Gasteiger partial charge in [-0.15, -0.1) is 0 Å². The molecule has 1 aromatic heterocycles. The Hall–Kier alpha value is -3.22. The number of carboxylic acid groups (broad SMARTS) is 1. The topological polar surface area (TPSA) is 99.6 Å². The maximum absolute atomic E-state index is 13.9. The van der Waals surface area contributed by atoms with Crippen LogP contribution in [-0.4, -0.2) is 59.0 Å². The van der Waals surface area contributed by atoms with Crippen molar-refractivity contribution < 1.29 is 36.6 Å². The fourth-order valence-electron chi connectivity index (χ4n) is 3.84. The fourth-order valence-corrected chi connectivity index (χ4v) is 3.84. The summed E-state index contributed by atoms with van der Waals surface area (Å²) >= 11 is 0. The van der Waals surface area contributed by atoms with E-state index in [4.69, 9.17) is 24.6 Å². The molecule has 13 heteroatoms. The monoisotopic (exact) mass is 531 g/mol. The molecule has 2 aliphatic heterocycles. The summed E-state index contributed by atoms with van der Waals surface area (Å²) in [5, 5.41) is 14.0. The minimum atomic E-state index is -5.08. The molecular weight excluding hydrogens is 501 g/mol. The first-order valence-corrected chi connectivity index (χ1v) is 12.0. The first kappa shape index (κ1) is 28.4. The van der Waals surface area contributed by atoms with E-state index < -0.39 is 23.8 Å². The minimum absolute atomic E-state index is 0.107. The normalized spacial score (nSPS) is 16.8. The maximum Gasteiger partial charge on any atom is 0.490 e. The van der Waals surface area contributed by atoms with Gasteiger partial charge >= 0.3 is 12.1 Å². The van der Waals surface area contributed by atoms with Crippen LogP contribution in [0.25, 0.3) is 0 Å². The van der Waals surface area contributed by atoms with Crippen molar-refractivity contribution in [3.8, 4) is 5.75 Å². The van der Waals surface area contributed by atoms with E-state index in [9.17, 15) is 22.0 Å². The van der Waals surface area contributed by atoms with Crippen molar-refractivity contribution in [1.29, 1.82) is 0 Å². The van der Waals surface area contributed by atoms with Gasteiger partial charge in [0.1, 0.15) is 11.9 Å². The van der Waals surface area contributed by atoms with Crippen molar-refractivity contribution in [3.05, 3.63) is 41.2 Å². The zero-order valence-corrected chi connectivity index (χ0v) is 20.5. The van der Waals surface area contributed by atoms with Crippen LogP contribution in [0.4, 0.5) is 33.6 Å². The number of hydrogen-bond donors (Lipinski definition) is 3. The number of benzene rings is 1. The molecule has 0 unspecified atom stereocenters. The molecule has 0 amide bonds. The van der Waals surface area contributed by atoms with Gasteiger partial charge in [-0.25, -0.2) is 23.5 Å². The zero-order valence-electron chi connectivity index (χ0n) is 20.5. The number of aromatic nitrogens is 2. The standard InChI is InChI=1S/C22H29F2N5O.C2HF3O2/c1-3-14(2)26-21-22(28-18-6-9-25-13-19(18)27-21)29-10-7-16(8-11-29)30-20-5-4-15(23)12-17(20)24;3-2(4,5)1(6)7/h4-5,12,14,16,25H,3,6-11,13H2,1-2H3,(H,26,27);(H,6,7)/t14-;/m1./s1. The summed E-state index contributed by atoms with van der Waals surface area (Å²) in [6, 6.07) is 3.73. The number of hydrogen-bond acceptors (Lipinski definition) is 7. The summed E-state index contributed by atoms with van der Waals surface area (Å²) in [5.41, 5.74) is 2.08. The van der Waals surface area contributed by atoms with E-state index in [2.05, 4.69) is 29.4 Å². The zero-order chi connectivity index (χ0) is 27.2. The van der Waals surface area contributed by atoms with Gasteiger partial charge in [-0.1, -0.05) is 6.92 Å². The van der Waals surface area contributed by atoms with Crippen molar-refractivity contribution in [3.63, 3.8) is 0 Å². The summed E-state index contributed by atoms with van der Waals surface area (Å²) in [7, 11) is 0. The SMILES string of the molecule is CC[C@@H](C)Nc1nc2c(nc1N1CCC(Oc3ccc(F)cc3F)CC1)CCNC2.O=C(O)C(F)(F)F. The number of aliphatic carboxylic acids is 1. The molecular formula is C24H30F5N5O3. The number of nitrogens with one attached hydrogen (secondary N) is 2. The van der Waals surface area contributed by atoms with Gasteiger partial charge in [-0.05, 0) is 25.5 Å². The average Bonchev–Trinajstić information content (AvgIpc) is 2.85. The molecule has 1 saturated heterocycles. The first-order chi connectivity index (χ1) is 17.5. The number of carboxylic acids is 1. The van der Waals surface area contributed by atoms with Gasteiger partial charge in [0.25, 0.3) is 0 Å². The van der Waals surface area contributed by atoms with Gasteiger partial charge in [-0.2, -0.15) is 13.2 Å².